The first kappa shape index (κ1) is 29.5. The molecule has 2 atom stereocenters. The molecule has 0 aliphatic heterocycles. The third-order valence-electron chi connectivity index (χ3n) is 5.00. The molecule has 7 heteroatoms. The van der Waals surface area contributed by atoms with Gasteiger partial charge in [-0.2, -0.15) is 0 Å². The van der Waals surface area contributed by atoms with Gasteiger partial charge in [-0.05, 0) is 80.7 Å². The van der Waals surface area contributed by atoms with Crippen molar-refractivity contribution in [1.82, 2.24) is 15.5 Å². The fraction of sp³-hybridized carbons (Fsp3) is 0.667. The predicted octanol–water partition coefficient (Wildman–Crippen LogP) is 5.05. The van der Waals surface area contributed by atoms with Crippen molar-refractivity contribution in [2.45, 2.75) is 112 Å². The molecule has 1 rings (SSSR count). The molecule has 0 saturated heterocycles. The number of hydrogen-bond acceptors (Lipinski definition) is 4. The van der Waals surface area contributed by atoms with Crippen LogP contribution in [-0.2, 0) is 14.3 Å². The van der Waals surface area contributed by atoms with Crippen molar-refractivity contribution in [3.05, 3.63) is 34.9 Å². The van der Waals surface area contributed by atoms with Gasteiger partial charge in [0.25, 0.3) is 0 Å². The topological polar surface area (TPSA) is 87.7 Å². The lowest BCUT2D eigenvalue weighted by atomic mass is 9.95. The Hall–Kier alpha value is -2.57. The third-order valence-corrected chi connectivity index (χ3v) is 5.00. The summed E-state index contributed by atoms with van der Waals surface area (Å²) in [5.41, 5.74) is 1.58. The van der Waals surface area contributed by atoms with E-state index in [1.165, 1.54) is 0 Å². The van der Waals surface area contributed by atoms with Crippen LogP contribution in [0.4, 0.5) is 4.79 Å². The number of ether oxygens (including phenoxy) is 1. The zero-order valence-corrected chi connectivity index (χ0v) is 23.1. The Kier molecular flexibility index (Phi) is 9.74. The van der Waals surface area contributed by atoms with Crippen molar-refractivity contribution in [1.29, 1.82) is 0 Å². The normalized spacial score (nSPS) is 13.9. The van der Waals surface area contributed by atoms with Gasteiger partial charge in [-0.1, -0.05) is 43.2 Å². The van der Waals surface area contributed by atoms with E-state index in [1.54, 1.807) is 25.7 Å². The van der Waals surface area contributed by atoms with E-state index in [9.17, 15) is 14.4 Å². The number of hydrogen-bond donors (Lipinski definition) is 2. The van der Waals surface area contributed by atoms with Crippen LogP contribution in [0.15, 0.2) is 18.2 Å². The molecule has 0 aromatic heterocycles. The molecule has 0 heterocycles. The maximum absolute atomic E-state index is 14.0. The Bertz CT molecular complexity index is 859. The second kappa shape index (κ2) is 11.2. The summed E-state index contributed by atoms with van der Waals surface area (Å²) in [4.78, 5) is 41.7. The van der Waals surface area contributed by atoms with E-state index in [2.05, 4.69) is 10.6 Å². The molecule has 1 aromatic rings. The summed E-state index contributed by atoms with van der Waals surface area (Å²) in [5, 5.41) is 5.78. The number of carbonyl (C=O) groups is 3. The standard InChI is InChI=1S/C27H45N3O4/c1-16(2)21(28-25(33)34-27(10,11)12)24(32)30(17(3)4)22(23(31)29-26(7,8)9)20-14-18(5)13-19(6)15-20/h13-17,21-22H,1-12H3,(H,28,33)(H,29,31). The Labute approximate surface area is 206 Å². The van der Waals surface area contributed by atoms with Crippen LogP contribution in [0, 0.1) is 19.8 Å². The van der Waals surface area contributed by atoms with Crippen molar-refractivity contribution in [2.24, 2.45) is 5.92 Å². The molecule has 0 aliphatic rings. The number of carbonyl (C=O) groups excluding carboxylic acids is 3. The molecule has 0 aliphatic carbocycles. The summed E-state index contributed by atoms with van der Waals surface area (Å²) >= 11 is 0. The van der Waals surface area contributed by atoms with Gasteiger partial charge in [0.15, 0.2) is 0 Å². The van der Waals surface area contributed by atoms with Gasteiger partial charge < -0.3 is 20.3 Å². The first-order valence-corrected chi connectivity index (χ1v) is 12.0. The van der Waals surface area contributed by atoms with Crippen molar-refractivity contribution >= 4 is 17.9 Å². The maximum atomic E-state index is 14.0. The highest BCUT2D eigenvalue weighted by Crippen LogP contribution is 2.28. The molecular formula is C27H45N3O4. The van der Waals surface area contributed by atoms with Gasteiger partial charge in [-0.15, -0.1) is 0 Å². The van der Waals surface area contributed by atoms with Crippen LogP contribution in [0.1, 0.15) is 92.0 Å². The highest BCUT2D eigenvalue weighted by molar-refractivity contribution is 5.92. The molecule has 0 bridgehead atoms. The van der Waals surface area contributed by atoms with Gasteiger partial charge in [-0.3, -0.25) is 9.59 Å². The SMILES string of the molecule is Cc1cc(C)cc(C(C(=O)NC(C)(C)C)N(C(=O)C(NC(=O)OC(C)(C)C)C(C)C)C(C)C)c1. The van der Waals surface area contributed by atoms with Crippen LogP contribution in [0.5, 0.6) is 0 Å². The van der Waals surface area contributed by atoms with Gasteiger partial charge in [0.2, 0.25) is 11.8 Å². The number of amides is 3. The molecule has 34 heavy (non-hydrogen) atoms. The second-order valence-electron chi connectivity index (χ2n) is 11.8. The van der Waals surface area contributed by atoms with E-state index in [1.807, 2.05) is 80.5 Å². The monoisotopic (exact) mass is 475 g/mol. The number of nitrogens with zero attached hydrogens (tertiary/aromatic N) is 1. The van der Waals surface area contributed by atoms with Crippen molar-refractivity contribution in [2.75, 3.05) is 0 Å². The molecule has 0 spiro atoms. The quantitative estimate of drug-likeness (QED) is 0.578. The van der Waals surface area contributed by atoms with Crippen LogP contribution < -0.4 is 10.6 Å². The highest BCUT2D eigenvalue weighted by atomic mass is 16.6. The molecule has 0 saturated carbocycles. The first-order valence-electron chi connectivity index (χ1n) is 12.0. The average molecular weight is 476 g/mol. The van der Waals surface area contributed by atoms with Crippen molar-refractivity contribution in [3.8, 4) is 0 Å². The van der Waals surface area contributed by atoms with Gasteiger partial charge in [-0.25, -0.2) is 4.79 Å². The number of rotatable bonds is 7. The van der Waals surface area contributed by atoms with Crippen LogP contribution >= 0.6 is 0 Å². The minimum Gasteiger partial charge on any atom is -0.444 e. The zero-order chi connectivity index (χ0) is 26.6. The lowest BCUT2D eigenvalue weighted by molar-refractivity contribution is -0.146. The molecule has 2 unspecified atom stereocenters. The summed E-state index contributed by atoms with van der Waals surface area (Å²) in [7, 11) is 0. The number of nitrogens with one attached hydrogen (secondary N) is 2. The van der Waals surface area contributed by atoms with E-state index < -0.39 is 29.3 Å². The van der Waals surface area contributed by atoms with E-state index in [0.717, 1.165) is 16.7 Å². The van der Waals surface area contributed by atoms with Crippen LogP contribution in [0.3, 0.4) is 0 Å². The predicted molar refractivity (Wildman–Crippen MR) is 137 cm³/mol. The summed E-state index contributed by atoms with van der Waals surface area (Å²) < 4.78 is 5.40. The van der Waals surface area contributed by atoms with E-state index >= 15 is 0 Å². The first-order chi connectivity index (χ1) is 15.3. The summed E-state index contributed by atoms with van der Waals surface area (Å²) in [5.74, 6) is -0.810. The smallest absolute Gasteiger partial charge is 0.408 e. The number of alkyl carbamates (subject to hydrolysis) is 1. The Morgan fingerprint density at radius 2 is 1.38 bits per heavy atom. The maximum Gasteiger partial charge on any atom is 0.408 e. The lowest BCUT2D eigenvalue weighted by Crippen LogP contribution is -2.57. The second-order valence-corrected chi connectivity index (χ2v) is 11.8. The van der Waals surface area contributed by atoms with E-state index in [-0.39, 0.29) is 23.8 Å². The number of benzene rings is 1. The van der Waals surface area contributed by atoms with Crippen LogP contribution in [0.25, 0.3) is 0 Å². The molecular weight excluding hydrogens is 430 g/mol. The van der Waals surface area contributed by atoms with Gasteiger partial charge in [0.1, 0.15) is 17.7 Å². The van der Waals surface area contributed by atoms with E-state index in [4.69, 9.17) is 4.74 Å². The van der Waals surface area contributed by atoms with Crippen molar-refractivity contribution in [3.63, 3.8) is 0 Å². The molecule has 7 nitrogen and oxygen atoms in total. The van der Waals surface area contributed by atoms with Gasteiger partial charge in [0.05, 0.1) is 0 Å². The van der Waals surface area contributed by atoms with Crippen LogP contribution in [-0.4, -0.2) is 46.0 Å². The Morgan fingerprint density at radius 3 is 1.76 bits per heavy atom. The average Bonchev–Trinajstić information content (AvgIpc) is 2.58. The molecule has 2 N–H and O–H groups in total. The lowest BCUT2D eigenvalue weighted by Gasteiger charge is -2.39. The molecule has 1 aromatic carbocycles. The van der Waals surface area contributed by atoms with Gasteiger partial charge >= 0.3 is 6.09 Å². The van der Waals surface area contributed by atoms with Crippen LogP contribution in [0.2, 0.25) is 0 Å². The summed E-state index contributed by atoms with van der Waals surface area (Å²) in [6.45, 7) is 22.5. The number of aryl methyl sites for hydroxylation is 2. The fourth-order valence-electron chi connectivity index (χ4n) is 3.83. The minimum atomic E-state index is -0.855. The minimum absolute atomic E-state index is 0.216. The largest absolute Gasteiger partial charge is 0.444 e. The summed E-state index contributed by atoms with van der Waals surface area (Å²) in [6.07, 6.45) is -0.662. The zero-order valence-electron chi connectivity index (χ0n) is 23.1. The highest BCUT2D eigenvalue weighted by Gasteiger charge is 2.39. The van der Waals surface area contributed by atoms with Crippen molar-refractivity contribution < 1.29 is 19.1 Å². The third kappa shape index (κ3) is 8.99. The Morgan fingerprint density at radius 1 is 0.882 bits per heavy atom. The summed E-state index contributed by atoms with van der Waals surface area (Å²) in [6, 6.07) is 3.90. The van der Waals surface area contributed by atoms with Gasteiger partial charge in [0, 0.05) is 11.6 Å². The molecule has 0 radical (unpaired) electrons. The molecule has 0 fully saturated rings. The Balaban J connectivity index is 3.54. The molecule has 3 amide bonds. The molecule has 192 valence electrons. The fourth-order valence-corrected chi connectivity index (χ4v) is 3.83. The van der Waals surface area contributed by atoms with E-state index in [0.29, 0.717) is 0 Å².